The van der Waals surface area contributed by atoms with E-state index < -0.39 is 0 Å². The van der Waals surface area contributed by atoms with E-state index in [4.69, 9.17) is 0 Å². The van der Waals surface area contributed by atoms with Crippen molar-refractivity contribution in [2.75, 3.05) is 0 Å². The molecule has 0 bridgehead atoms. The van der Waals surface area contributed by atoms with E-state index >= 15 is 0 Å². The van der Waals surface area contributed by atoms with Crippen LogP contribution in [0.2, 0.25) is 0 Å². The minimum Gasteiger partial charge on any atom is -0.388 e. The van der Waals surface area contributed by atoms with Crippen LogP contribution in [-0.4, -0.2) is 5.11 Å². The van der Waals surface area contributed by atoms with E-state index in [1.807, 2.05) is 0 Å². The lowest BCUT2D eigenvalue weighted by molar-refractivity contribution is 0.161. The maximum absolute atomic E-state index is 10.3. The summed E-state index contributed by atoms with van der Waals surface area (Å²) >= 11 is 0. The summed E-state index contributed by atoms with van der Waals surface area (Å²) in [5, 5.41) is 10.3. The van der Waals surface area contributed by atoms with Crippen molar-refractivity contribution >= 4 is 0 Å². The molecule has 1 unspecified atom stereocenters. The molecular formula is C16H24O. The second-order valence-electron chi connectivity index (χ2n) is 5.27. The highest BCUT2D eigenvalue weighted by Gasteiger charge is 2.23. The molecule has 94 valence electrons. The molecule has 1 aliphatic rings. The first-order valence-electron chi connectivity index (χ1n) is 7.09. The Labute approximate surface area is 105 Å². The van der Waals surface area contributed by atoms with Crippen molar-refractivity contribution in [2.24, 2.45) is 0 Å². The topological polar surface area (TPSA) is 20.2 Å². The second kappa shape index (κ2) is 6.20. The smallest absolute Gasteiger partial charge is 0.0792 e. The van der Waals surface area contributed by atoms with Crippen LogP contribution in [0.1, 0.15) is 75.0 Å². The van der Waals surface area contributed by atoms with Crippen molar-refractivity contribution in [3.05, 3.63) is 35.4 Å². The highest BCUT2D eigenvalue weighted by Crippen LogP contribution is 2.40. The largest absolute Gasteiger partial charge is 0.388 e. The van der Waals surface area contributed by atoms with Gasteiger partial charge in [0.2, 0.25) is 0 Å². The third-order valence-electron chi connectivity index (χ3n) is 3.98. The van der Waals surface area contributed by atoms with Gasteiger partial charge in [0.25, 0.3) is 0 Å². The first kappa shape index (κ1) is 12.6. The summed E-state index contributed by atoms with van der Waals surface area (Å²) in [5.41, 5.74) is 2.59. The van der Waals surface area contributed by atoms with Crippen LogP contribution in [-0.2, 0) is 0 Å². The standard InChI is InChI=1S/C16H24O/c1-2-3-4-12-16(17)15-11-6-5-10-14(15)13-8-7-9-13/h5-6,10-11,13,16-17H,2-4,7-9,12H2,1H3. The summed E-state index contributed by atoms with van der Waals surface area (Å²) in [5.74, 6) is 0.715. The molecule has 1 aliphatic carbocycles. The molecule has 1 atom stereocenters. The Balaban J connectivity index is 2.02. The molecule has 1 aromatic carbocycles. The average Bonchev–Trinajstić information content (AvgIpc) is 2.28. The van der Waals surface area contributed by atoms with Gasteiger partial charge in [0.15, 0.2) is 0 Å². The van der Waals surface area contributed by atoms with Crippen molar-refractivity contribution in [3.63, 3.8) is 0 Å². The minimum atomic E-state index is -0.252. The highest BCUT2D eigenvalue weighted by molar-refractivity contribution is 5.33. The van der Waals surface area contributed by atoms with Crippen molar-refractivity contribution < 1.29 is 5.11 Å². The summed E-state index contributed by atoms with van der Waals surface area (Å²) in [7, 11) is 0. The van der Waals surface area contributed by atoms with Gasteiger partial charge in [-0.3, -0.25) is 0 Å². The molecule has 0 amide bonds. The summed E-state index contributed by atoms with van der Waals surface area (Å²) < 4.78 is 0. The molecule has 0 aromatic heterocycles. The lowest BCUT2D eigenvalue weighted by Gasteiger charge is -2.29. The van der Waals surface area contributed by atoms with Gasteiger partial charge in [0, 0.05) is 0 Å². The number of unbranched alkanes of at least 4 members (excludes halogenated alkanes) is 2. The van der Waals surface area contributed by atoms with Crippen LogP contribution in [0.5, 0.6) is 0 Å². The van der Waals surface area contributed by atoms with Crippen LogP contribution in [0.25, 0.3) is 0 Å². The molecule has 1 heteroatoms. The number of aliphatic hydroxyl groups excluding tert-OH is 1. The van der Waals surface area contributed by atoms with Crippen molar-refractivity contribution in [1.29, 1.82) is 0 Å². The van der Waals surface area contributed by atoms with Crippen LogP contribution in [0, 0.1) is 0 Å². The molecule has 1 aromatic rings. The maximum atomic E-state index is 10.3. The zero-order chi connectivity index (χ0) is 12.1. The van der Waals surface area contributed by atoms with Crippen molar-refractivity contribution in [1.82, 2.24) is 0 Å². The minimum absolute atomic E-state index is 0.252. The lowest BCUT2D eigenvalue weighted by Crippen LogP contribution is -2.13. The fraction of sp³-hybridized carbons (Fsp3) is 0.625. The van der Waals surface area contributed by atoms with Crippen LogP contribution in [0.4, 0.5) is 0 Å². The molecule has 0 spiro atoms. The van der Waals surface area contributed by atoms with Crippen LogP contribution < -0.4 is 0 Å². The van der Waals surface area contributed by atoms with E-state index in [9.17, 15) is 5.11 Å². The Bertz CT molecular complexity index is 341. The molecule has 1 fully saturated rings. The summed E-state index contributed by atoms with van der Waals surface area (Å²) in [6, 6.07) is 8.49. The maximum Gasteiger partial charge on any atom is 0.0792 e. The normalized spacial score (nSPS) is 17.8. The Morgan fingerprint density at radius 3 is 2.65 bits per heavy atom. The zero-order valence-corrected chi connectivity index (χ0v) is 10.9. The Hall–Kier alpha value is -0.820. The van der Waals surface area contributed by atoms with E-state index in [2.05, 4.69) is 31.2 Å². The van der Waals surface area contributed by atoms with Gasteiger partial charge < -0.3 is 5.11 Å². The molecule has 0 saturated heterocycles. The molecular weight excluding hydrogens is 208 g/mol. The second-order valence-corrected chi connectivity index (χ2v) is 5.27. The van der Waals surface area contributed by atoms with E-state index in [0.29, 0.717) is 5.92 Å². The Morgan fingerprint density at radius 2 is 2.00 bits per heavy atom. The Morgan fingerprint density at radius 1 is 1.24 bits per heavy atom. The van der Waals surface area contributed by atoms with Crippen LogP contribution in [0.15, 0.2) is 24.3 Å². The van der Waals surface area contributed by atoms with E-state index in [1.54, 1.807) is 0 Å². The van der Waals surface area contributed by atoms with Crippen molar-refractivity contribution in [3.8, 4) is 0 Å². The molecule has 1 N–H and O–H groups in total. The van der Waals surface area contributed by atoms with Gasteiger partial charge in [-0.2, -0.15) is 0 Å². The number of aliphatic hydroxyl groups is 1. The van der Waals surface area contributed by atoms with Crippen LogP contribution >= 0.6 is 0 Å². The zero-order valence-electron chi connectivity index (χ0n) is 10.9. The third kappa shape index (κ3) is 3.10. The highest BCUT2D eigenvalue weighted by atomic mass is 16.3. The summed E-state index contributed by atoms with van der Waals surface area (Å²) in [6.45, 7) is 2.20. The van der Waals surface area contributed by atoms with Gasteiger partial charge in [-0.15, -0.1) is 0 Å². The first-order valence-corrected chi connectivity index (χ1v) is 7.09. The molecule has 0 radical (unpaired) electrons. The molecule has 17 heavy (non-hydrogen) atoms. The van der Waals surface area contributed by atoms with Gasteiger partial charge in [0.05, 0.1) is 6.10 Å². The van der Waals surface area contributed by atoms with Gasteiger partial charge in [0.1, 0.15) is 0 Å². The molecule has 1 nitrogen and oxygen atoms in total. The Kier molecular flexibility index (Phi) is 4.61. The fourth-order valence-electron chi connectivity index (χ4n) is 2.65. The summed E-state index contributed by atoms with van der Waals surface area (Å²) in [4.78, 5) is 0. The van der Waals surface area contributed by atoms with Gasteiger partial charge >= 0.3 is 0 Å². The third-order valence-corrected chi connectivity index (χ3v) is 3.98. The van der Waals surface area contributed by atoms with E-state index in [-0.39, 0.29) is 6.10 Å². The lowest BCUT2D eigenvalue weighted by atomic mass is 9.77. The predicted molar refractivity (Wildman–Crippen MR) is 72.1 cm³/mol. The monoisotopic (exact) mass is 232 g/mol. The van der Waals surface area contributed by atoms with E-state index in [0.717, 1.165) is 12.8 Å². The fourth-order valence-corrected chi connectivity index (χ4v) is 2.65. The van der Waals surface area contributed by atoms with Crippen molar-refractivity contribution in [2.45, 2.75) is 63.9 Å². The van der Waals surface area contributed by atoms with Gasteiger partial charge in [-0.25, -0.2) is 0 Å². The molecule has 2 rings (SSSR count). The van der Waals surface area contributed by atoms with Gasteiger partial charge in [-0.05, 0) is 36.3 Å². The number of hydrogen-bond donors (Lipinski definition) is 1. The molecule has 0 aliphatic heterocycles. The molecule has 0 heterocycles. The number of benzene rings is 1. The molecule has 1 saturated carbocycles. The number of hydrogen-bond acceptors (Lipinski definition) is 1. The summed E-state index contributed by atoms with van der Waals surface area (Å²) in [6.07, 6.45) is 8.20. The SMILES string of the molecule is CCCCCC(O)c1ccccc1C1CCC1. The predicted octanol–water partition coefficient (Wildman–Crippen LogP) is 4.57. The number of rotatable bonds is 6. The average molecular weight is 232 g/mol. The van der Waals surface area contributed by atoms with Gasteiger partial charge in [-0.1, -0.05) is 56.9 Å². The first-order chi connectivity index (χ1) is 8.33. The quantitative estimate of drug-likeness (QED) is 0.712. The van der Waals surface area contributed by atoms with Crippen LogP contribution in [0.3, 0.4) is 0 Å². The van der Waals surface area contributed by atoms with E-state index in [1.165, 1.54) is 43.2 Å².